The Hall–Kier alpha value is -3.24. The Morgan fingerprint density at radius 3 is 2.35 bits per heavy atom. The lowest BCUT2D eigenvalue weighted by Gasteiger charge is -2.61. The number of hydrogen-bond donors (Lipinski definition) is 2. The molecule has 11 heteroatoms. The Bertz CT molecular complexity index is 1120. The first-order valence-corrected chi connectivity index (χ1v) is 11.2. The molecule has 180 valence electrons. The maximum absolute atomic E-state index is 13.0. The summed E-state index contributed by atoms with van der Waals surface area (Å²) in [7, 11) is 0. The van der Waals surface area contributed by atoms with Crippen molar-refractivity contribution in [3.8, 4) is 5.88 Å². The number of rotatable bonds is 4. The summed E-state index contributed by atoms with van der Waals surface area (Å²) in [5, 5.41) is 6.11. The molecule has 0 radical (unpaired) electrons. The van der Waals surface area contributed by atoms with Gasteiger partial charge in [0.2, 0.25) is 11.7 Å². The first-order valence-electron chi connectivity index (χ1n) is 11.2. The molecule has 4 saturated carbocycles. The molecular weight excluding hydrogens is 451 g/mol. The van der Waals surface area contributed by atoms with Crippen molar-refractivity contribution < 1.29 is 27.5 Å². The fourth-order valence-corrected chi connectivity index (χ4v) is 6.40. The molecule has 0 spiro atoms. The number of nitrogens with zero attached hydrogens (tertiary/aromatic N) is 3. The fraction of sp³-hybridized carbons (Fsp3) is 0.522. The summed E-state index contributed by atoms with van der Waals surface area (Å²) in [4.78, 5) is 36.4. The van der Waals surface area contributed by atoms with Crippen LogP contribution in [0.3, 0.4) is 0 Å². The lowest BCUT2D eigenvalue weighted by atomic mass is 9.50. The van der Waals surface area contributed by atoms with E-state index in [1.54, 1.807) is 12.1 Å². The minimum absolute atomic E-state index is 0.246. The third-order valence-electron chi connectivity index (χ3n) is 7.01. The second kappa shape index (κ2) is 7.92. The number of aromatic nitrogens is 3. The minimum Gasteiger partial charge on any atom is -0.391 e. The smallest absolute Gasteiger partial charge is 0.391 e. The molecule has 2 aromatic rings. The summed E-state index contributed by atoms with van der Waals surface area (Å²) in [6.07, 6.45) is -0.0555. The van der Waals surface area contributed by atoms with E-state index in [-0.39, 0.29) is 5.91 Å². The van der Waals surface area contributed by atoms with Crippen molar-refractivity contribution in [3.05, 3.63) is 47.7 Å². The second-order valence-corrected chi connectivity index (χ2v) is 9.87. The Balaban J connectivity index is 1.31. The van der Waals surface area contributed by atoms with E-state index in [0.717, 1.165) is 50.1 Å². The van der Waals surface area contributed by atoms with Gasteiger partial charge in [-0.25, -0.2) is 14.8 Å². The fourth-order valence-electron chi connectivity index (χ4n) is 6.40. The highest BCUT2D eigenvalue weighted by Crippen LogP contribution is 2.57. The normalized spacial score (nSPS) is 29.5. The molecule has 2 N–H and O–H groups in total. The molecule has 2 unspecified atom stereocenters. The quantitative estimate of drug-likeness (QED) is 0.697. The van der Waals surface area contributed by atoms with Crippen LogP contribution in [0.5, 0.6) is 5.88 Å². The number of ether oxygens (including phenoxy) is 1. The molecule has 0 saturated heterocycles. The molecular formula is C23H24F3N5O3. The van der Waals surface area contributed by atoms with E-state index >= 15 is 0 Å². The molecule has 2 aromatic heterocycles. The summed E-state index contributed by atoms with van der Waals surface area (Å²) in [5.41, 5.74) is 0.0194. The van der Waals surface area contributed by atoms with E-state index in [2.05, 4.69) is 25.6 Å². The summed E-state index contributed by atoms with van der Waals surface area (Å²) < 4.78 is 43.7. The van der Waals surface area contributed by atoms with Gasteiger partial charge in [-0.2, -0.15) is 18.2 Å². The van der Waals surface area contributed by atoms with Gasteiger partial charge >= 0.3 is 12.3 Å². The van der Waals surface area contributed by atoms with Crippen LogP contribution in [0.2, 0.25) is 0 Å². The Morgan fingerprint density at radius 2 is 1.71 bits per heavy atom. The van der Waals surface area contributed by atoms with E-state index < -0.39 is 35.1 Å². The molecule has 4 aliphatic rings. The van der Waals surface area contributed by atoms with Crippen molar-refractivity contribution in [2.24, 2.45) is 11.8 Å². The molecule has 34 heavy (non-hydrogen) atoms. The van der Waals surface area contributed by atoms with E-state index in [9.17, 15) is 22.8 Å². The maximum atomic E-state index is 13.0. The number of carbonyl (C=O) groups excluding carboxylic acids is 2. The number of hydrogen-bond acceptors (Lipinski definition) is 6. The average molecular weight is 475 g/mol. The van der Waals surface area contributed by atoms with Crippen LogP contribution >= 0.6 is 0 Å². The van der Waals surface area contributed by atoms with Crippen LogP contribution in [0.1, 0.15) is 60.5 Å². The van der Waals surface area contributed by atoms with Crippen molar-refractivity contribution in [3.63, 3.8) is 0 Å². The van der Waals surface area contributed by atoms with Gasteiger partial charge in [-0.3, -0.25) is 4.79 Å². The van der Waals surface area contributed by atoms with Crippen LogP contribution in [0.25, 0.3) is 0 Å². The number of carbonyl (C=O) groups is 2. The molecule has 8 nitrogen and oxygen atoms in total. The van der Waals surface area contributed by atoms with Crippen LogP contribution < -0.4 is 15.4 Å². The van der Waals surface area contributed by atoms with Crippen molar-refractivity contribution >= 4 is 12.0 Å². The van der Waals surface area contributed by atoms with E-state index in [0.29, 0.717) is 24.0 Å². The average Bonchev–Trinajstić information content (AvgIpc) is 2.71. The summed E-state index contributed by atoms with van der Waals surface area (Å²) in [6.45, 7) is 1.82. The highest BCUT2D eigenvalue weighted by molar-refractivity contribution is 5.92. The molecule has 2 atom stereocenters. The van der Waals surface area contributed by atoms with Crippen LogP contribution in [0.4, 0.5) is 18.0 Å². The molecule has 0 aliphatic heterocycles. The molecule has 4 fully saturated rings. The van der Waals surface area contributed by atoms with Gasteiger partial charge in [0.05, 0.1) is 0 Å². The Kier molecular flexibility index (Phi) is 5.25. The SMILES string of the molecule is Cc1cccc(C(=O)NC23CC4CC(CC(NC(=O)Oc5ccnc(C(F)(F)F)n5)(C4)C2)C3)n1. The Morgan fingerprint density at radius 1 is 1.03 bits per heavy atom. The van der Waals surface area contributed by atoms with Crippen LogP contribution in [0.15, 0.2) is 30.5 Å². The van der Waals surface area contributed by atoms with Crippen LogP contribution in [-0.2, 0) is 6.18 Å². The standard InChI is InChI=1S/C23H24F3N5O3/c1-13-3-2-4-16(28-13)18(32)30-21-8-14-7-15(9-21)11-22(10-14,12-21)31-20(33)34-17-5-6-27-19(29-17)23(24,25)26/h2-6,14-15H,7-12H2,1H3,(H,30,32)(H,31,33). The third kappa shape index (κ3) is 4.43. The molecule has 4 aliphatic carbocycles. The summed E-state index contributed by atoms with van der Waals surface area (Å²) in [6, 6.07) is 6.38. The lowest BCUT2D eigenvalue weighted by Crippen LogP contribution is -2.70. The van der Waals surface area contributed by atoms with Gasteiger partial charge in [0.15, 0.2) is 0 Å². The van der Waals surface area contributed by atoms with Gasteiger partial charge in [0.25, 0.3) is 5.91 Å². The largest absolute Gasteiger partial charge is 0.451 e. The zero-order chi connectivity index (χ0) is 24.1. The Labute approximate surface area is 193 Å². The second-order valence-electron chi connectivity index (χ2n) is 9.87. The molecule has 0 aromatic carbocycles. The van der Waals surface area contributed by atoms with Crippen LogP contribution in [0, 0.1) is 18.8 Å². The van der Waals surface area contributed by atoms with Gasteiger partial charge in [-0.1, -0.05) is 6.07 Å². The zero-order valence-electron chi connectivity index (χ0n) is 18.5. The van der Waals surface area contributed by atoms with Gasteiger partial charge in [-0.15, -0.1) is 0 Å². The monoisotopic (exact) mass is 475 g/mol. The zero-order valence-corrected chi connectivity index (χ0v) is 18.5. The van der Waals surface area contributed by atoms with Gasteiger partial charge in [-0.05, 0) is 69.4 Å². The number of aryl methyl sites for hydroxylation is 1. The number of alkyl halides is 3. The predicted octanol–water partition coefficient (Wildman–Crippen LogP) is 3.81. The third-order valence-corrected chi connectivity index (χ3v) is 7.01. The number of pyridine rings is 1. The van der Waals surface area contributed by atoms with Crippen molar-refractivity contribution in [1.29, 1.82) is 0 Å². The van der Waals surface area contributed by atoms with E-state index in [4.69, 9.17) is 4.74 Å². The first kappa shape index (κ1) is 22.5. The summed E-state index contributed by atoms with van der Waals surface area (Å²) >= 11 is 0. The van der Waals surface area contributed by atoms with E-state index in [1.807, 2.05) is 13.0 Å². The van der Waals surface area contributed by atoms with Crippen molar-refractivity contribution in [1.82, 2.24) is 25.6 Å². The summed E-state index contributed by atoms with van der Waals surface area (Å²) in [5.74, 6) is -1.45. The topological polar surface area (TPSA) is 106 Å². The maximum Gasteiger partial charge on any atom is 0.451 e. The van der Waals surface area contributed by atoms with Crippen LogP contribution in [-0.4, -0.2) is 38.0 Å². The minimum atomic E-state index is -4.74. The molecule has 2 heterocycles. The van der Waals surface area contributed by atoms with Crippen molar-refractivity contribution in [2.75, 3.05) is 0 Å². The number of halogens is 3. The molecule has 2 amide bonds. The number of amides is 2. The predicted molar refractivity (Wildman–Crippen MR) is 113 cm³/mol. The lowest BCUT2D eigenvalue weighted by molar-refractivity contribution is -0.145. The van der Waals surface area contributed by atoms with Gasteiger partial charge in [0, 0.05) is 29.0 Å². The van der Waals surface area contributed by atoms with E-state index in [1.165, 1.54) is 0 Å². The van der Waals surface area contributed by atoms with Crippen molar-refractivity contribution in [2.45, 2.75) is 62.7 Å². The van der Waals surface area contributed by atoms with Gasteiger partial charge in [0.1, 0.15) is 5.69 Å². The van der Waals surface area contributed by atoms with Gasteiger partial charge < -0.3 is 15.4 Å². The first-order chi connectivity index (χ1) is 16.0. The highest BCUT2D eigenvalue weighted by atomic mass is 19.4. The molecule has 6 rings (SSSR count). The molecule has 4 bridgehead atoms. The highest BCUT2D eigenvalue weighted by Gasteiger charge is 2.59. The number of nitrogens with one attached hydrogen (secondary N) is 2.